The summed E-state index contributed by atoms with van der Waals surface area (Å²) in [6, 6.07) is 10.5. The van der Waals surface area contributed by atoms with Gasteiger partial charge >= 0.3 is 5.97 Å². The minimum absolute atomic E-state index is 0.0395. The molecule has 0 saturated heterocycles. The van der Waals surface area contributed by atoms with Crippen molar-refractivity contribution in [1.29, 1.82) is 0 Å². The number of carboxylic acids is 1. The van der Waals surface area contributed by atoms with Crippen LogP contribution in [0.2, 0.25) is 5.02 Å². The van der Waals surface area contributed by atoms with Crippen LogP contribution >= 0.6 is 11.6 Å². The van der Waals surface area contributed by atoms with E-state index in [4.69, 9.17) is 21.4 Å². The van der Waals surface area contributed by atoms with Gasteiger partial charge in [0, 0.05) is 5.02 Å². The maximum atomic E-state index is 12.4. The Morgan fingerprint density at radius 2 is 2.00 bits per heavy atom. The predicted molar refractivity (Wildman–Crippen MR) is 86.6 cm³/mol. The largest absolute Gasteiger partial charge is 0.482 e. The quantitative estimate of drug-likeness (QED) is 0.831. The van der Waals surface area contributed by atoms with E-state index in [2.05, 4.69) is 4.72 Å². The summed E-state index contributed by atoms with van der Waals surface area (Å²) < 4.78 is 32.2. The van der Waals surface area contributed by atoms with Crippen molar-refractivity contribution in [3.8, 4) is 5.75 Å². The molecule has 0 atom stereocenters. The third-order valence-electron chi connectivity index (χ3n) is 2.88. The second-order valence-electron chi connectivity index (χ2n) is 4.73. The van der Waals surface area contributed by atoms with Crippen LogP contribution in [-0.4, -0.2) is 26.1 Å². The lowest BCUT2D eigenvalue weighted by Gasteiger charge is -2.11. The van der Waals surface area contributed by atoms with Crippen molar-refractivity contribution in [2.75, 3.05) is 11.3 Å². The molecule has 2 N–H and O–H groups in total. The number of aliphatic carboxylic acids is 1. The first-order chi connectivity index (χ1) is 10.8. The summed E-state index contributed by atoms with van der Waals surface area (Å²) in [5.74, 6) is -0.794. The smallest absolute Gasteiger partial charge is 0.341 e. The van der Waals surface area contributed by atoms with Crippen LogP contribution in [-0.2, 0) is 14.8 Å². The van der Waals surface area contributed by atoms with Gasteiger partial charge in [0.1, 0.15) is 5.75 Å². The van der Waals surface area contributed by atoms with Crippen molar-refractivity contribution < 1.29 is 23.1 Å². The lowest BCUT2D eigenvalue weighted by molar-refractivity contribution is -0.139. The van der Waals surface area contributed by atoms with E-state index < -0.39 is 22.6 Å². The summed E-state index contributed by atoms with van der Waals surface area (Å²) >= 11 is 5.83. The average Bonchev–Trinajstić information content (AvgIpc) is 2.45. The fraction of sp³-hybridized carbons (Fsp3) is 0.133. The highest BCUT2D eigenvalue weighted by atomic mass is 35.5. The van der Waals surface area contributed by atoms with Crippen LogP contribution in [0.25, 0.3) is 0 Å². The van der Waals surface area contributed by atoms with Gasteiger partial charge in [0.15, 0.2) is 6.61 Å². The molecule has 2 aromatic rings. The summed E-state index contributed by atoms with van der Waals surface area (Å²) in [5, 5.41) is 9.01. The molecule has 0 aliphatic carbocycles. The summed E-state index contributed by atoms with van der Waals surface area (Å²) in [6.45, 7) is 1.14. The lowest BCUT2D eigenvalue weighted by Crippen LogP contribution is -2.14. The third-order valence-corrected chi connectivity index (χ3v) is 4.50. The van der Waals surface area contributed by atoms with E-state index in [0.717, 1.165) is 0 Å². The fourth-order valence-corrected chi connectivity index (χ4v) is 3.18. The number of benzene rings is 2. The van der Waals surface area contributed by atoms with Gasteiger partial charge in [0.05, 0.1) is 10.6 Å². The number of carboxylic acid groups (broad SMARTS) is 1. The number of sulfonamides is 1. The van der Waals surface area contributed by atoms with Gasteiger partial charge in [-0.15, -0.1) is 0 Å². The van der Waals surface area contributed by atoms with Crippen LogP contribution in [0.4, 0.5) is 5.69 Å². The summed E-state index contributed by atoms with van der Waals surface area (Å²) in [7, 11) is -3.78. The Labute approximate surface area is 138 Å². The van der Waals surface area contributed by atoms with E-state index in [1.165, 1.54) is 24.3 Å². The molecule has 2 aromatic carbocycles. The van der Waals surface area contributed by atoms with E-state index in [-0.39, 0.29) is 4.90 Å². The zero-order valence-corrected chi connectivity index (χ0v) is 13.7. The van der Waals surface area contributed by atoms with Gasteiger partial charge in [-0.05, 0) is 48.9 Å². The van der Waals surface area contributed by atoms with E-state index >= 15 is 0 Å². The molecule has 0 aromatic heterocycles. The van der Waals surface area contributed by atoms with E-state index in [9.17, 15) is 13.2 Å². The molecule has 2 rings (SSSR count). The Bertz CT molecular complexity index is 836. The van der Waals surface area contributed by atoms with Gasteiger partial charge in [0.25, 0.3) is 10.0 Å². The van der Waals surface area contributed by atoms with Gasteiger partial charge in [-0.25, -0.2) is 13.2 Å². The van der Waals surface area contributed by atoms with Crippen molar-refractivity contribution in [2.45, 2.75) is 11.8 Å². The first-order valence-electron chi connectivity index (χ1n) is 6.51. The van der Waals surface area contributed by atoms with Gasteiger partial charge < -0.3 is 9.84 Å². The van der Waals surface area contributed by atoms with Crippen molar-refractivity contribution in [1.82, 2.24) is 0 Å². The molecule has 0 amide bonds. The molecule has 0 bridgehead atoms. The minimum atomic E-state index is -3.78. The van der Waals surface area contributed by atoms with E-state index in [0.29, 0.717) is 22.0 Å². The number of rotatable bonds is 6. The zero-order chi connectivity index (χ0) is 17.0. The van der Waals surface area contributed by atoms with Crippen molar-refractivity contribution in [3.05, 3.63) is 53.1 Å². The van der Waals surface area contributed by atoms with Crippen molar-refractivity contribution >= 4 is 33.3 Å². The second-order valence-corrected chi connectivity index (χ2v) is 6.84. The maximum absolute atomic E-state index is 12.4. The van der Waals surface area contributed by atoms with E-state index in [1.54, 1.807) is 25.1 Å². The van der Waals surface area contributed by atoms with Crippen molar-refractivity contribution in [2.24, 2.45) is 0 Å². The first kappa shape index (κ1) is 17.1. The number of halogens is 1. The zero-order valence-electron chi connectivity index (χ0n) is 12.1. The highest BCUT2D eigenvalue weighted by molar-refractivity contribution is 7.92. The molecule has 6 nitrogen and oxygen atoms in total. The number of anilines is 1. The van der Waals surface area contributed by atoms with Crippen LogP contribution in [0.5, 0.6) is 5.75 Å². The summed E-state index contributed by atoms with van der Waals surface area (Å²) in [4.78, 5) is 10.5. The molecule has 0 radical (unpaired) electrons. The molecular weight excluding hydrogens is 342 g/mol. The molecule has 0 unspecified atom stereocenters. The molecule has 122 valence electrons. The van der Waals surface area contributed by atoms with Gasteiger partial charge in [0.2, 0.25) is 0 Å². The molecule has 8 heteroatoms. The molecule has 0 fully saturated rings. The van der Waals surface area contributed by atoms with Crippen LogP contribution in [0, 0.1) is 6.92 Å². The van der Waals surface area contributed by atoms with Crippen molar-refractivity contribution in [3.63, 3.8) is 0 Å². The number of hydrogen-bond donors (Lipinski definition) is 2. The molecule has 23 heavy (non-hydrogen) atoms. The highest BCUT2D eigenvalue weighted by Crippen LogP contribution is 2.24. The Morgan fingerprint density at radius 3 is 2.61 bits per heavy atom. The molecule has 0 saturated carbocycles. The second kappa shape index (κ2) is 6.89. The Kier molecular flexibility index (Phi) is 5.12. The standard InChI is InChI=1S/C15H14ClNO5S/c1-10-7-13(5-6-14(10)22-9-15(18)19)23(20,21)17-12-4-2-3-11(16)8-12/h2-8,17H,9H2,1H3,(H,18,19). The number of carbonyl (C=O) groups is 1. The minimum Gasteiger partial charge on any atom is -0.482 e. The van der Waals surface area contributed by atoms with E-state index in [1.807, 2.05) is 0 Å². The number of aryl methyl sites for hydroxylation is 1. The van der Waals surface area contributed by atoms with Gasteiger partial charge in [-0.2, -0.15) is 0 Å². The van der Waals surface area contributed by atoms with Crippen LogP contribution in [0.15, 0.2) is 47.4 Å². The molecule has 0 spiro atoms. The van der Waals surface area contributed by atoms with Crippen LogP contribution in [0.3, 0.4) is 0 Å². The monoisotopic (exact) mass is 355 g/mol. The number of nitrogens with one attached hydrogen (secondary N) is 1. The average molecular weight is 356 g/mol. The molecule has 0 heterocycles. The number of ether oxygens (including phenoxy) is 1. The highest BCUT2D eigenvalue weighted by Gasteiger charge is 2.16. The Balaban J connectivity index is 2.23. The van der Waals surface area contributed by atoms with Gasteiger partial charge in [-0.3, -0.25) is 4.72 Å². The molecule has 0 aliphatic rings. The molecular formula is C15H14ClNO5S. The summed E-state index contributed by atoms with van der Waals surface area (Å²) in [5.41, 5.74) is 0.863. The lowest BCUT2D eigenvalue weighted by atomic mass is 10.2. The molecule has 0 aliphatic heterocycles. The maximum Gasteiger partial charge on any atom is 0.341 e. The van der Waals surface area contributed by atoms with Crippen LogP contribution in [0.1, 0.15) is 5.56 Å². The summed E-state index contributed by atoms with van der Waals surface area (Å²) in [6.07, 6.45) is 0. The third kappa shape index (κ3) is 4.61. The fourth-order valence-electron chi connectivity index (χ4n) is 1.86. The predicted octanol–water partition coefficient (Wildman–Crippen LogP) is 2.91. The Hall–Kier alpha value is -2.25. The SMILES string of the molecule is Cc1cc(S(=O)(=O)Nc2cccc(Cl)c2)ccc1OCC(=O)O. The normalized spacial score (nSPS) is 11.0. The first-order valence-corrected chi connectivity index (χ1v) is 8.38. The van der Waals surface area contributed by atoms with Gasteiger partial charge in [-0.1, -0.05) is 17.7 Å². The topological polar surface area (TPSA) is 92.7 Å². The Morgan fingerprint density at radius 1 is 1.26 bits per heavy atom. The number of hydrogen-bond acceptors (Lipinski definition) is 4. The van der Waals surface area contributed by atoms with Crippen LogP contribution < -0.4 is 9.46 Å².